The first-order valence-corrected chi connectivity index (χ1v) is 11.7. The average Bonchev–Trinajstić information content (AvgIpc) is 2.88. The van der Waals surface area contributed by atoms with Crippen molar-refractivity contribution < 1.29 is 19.1 Å². The van der Waals surface area contributed by atoms with Crippen LogP contribution < -0.4 is 10.2 Å². The van der Waals surface area contributed by atoms with Crippen molar-refractivity contribution >= 4 is 24.0 Å². The average molecular weight is 464 g/mol. The summed E-state index contributed by atoms with van der Waals surface area (Å²) >= 11 is 0. The first kappa shape index (κ1) is 23.8. The van der Waals surface area contributed by atoms with Gasteiger partial charge in [0.05, 0.1) is 5.56 Å². The molecule has 2 aliphatic rings. The molecule has 0 aromatic carbocycles. The number of methoxy groups -OCH3 is 1. The van der Waals surface area contributed by atoms with Crippen molar-refractivity contribution in [2.45, 2.75) is 44.4 Å². The summed E-state index contributed by atoms with van der Waals surface area (Å²) in [6.45, 7) is 2.44. The number of hydrogen-bond acceptors (Lipinski definition) is 7. The van der Waals surface area contributed by atoms with Crippen LogP contribution in [-0.4, -0.2) is 55.8 Å². The molecule has 178 valence electrons. The number of ether oxygens (including phenoxy) is 2. The van der Waals surface area contributed by atoms with Crippen LogP contribution >= 0.6 is 0 Å². The molecule has 0 saturated carbocycles. The van der Waals surface area contributed by atoms with Crippen LogP contribution in [0.5, 0.6) is 0 Å². The zero-order valence-corrected chi connectivity index (χ0v) is 19.4. The molecule has 1 N–H and O–H groups in total. The number of nitrogens with one attached hydrogen (secondary N) is 1. The van der Waals surface area contributed by atoms with Gasteiger partial charge in [-0.15, -0.1) is 0 Å². The number of aryl methyl sites for hydroxylation is 2. The van der Waals surface area contributed by atoms with E-state index in [1.54, 1.807) is 18.1 Å². The van der Waals surface area contributed by atoms with Crippen LogP contribution in [0, 0.1) is 11.3 Å². The van der Waals surface area contributed by atoms with Gasteiger partial charge in [0.25, 0.3) is 0 Å². The van der Waals surface area contributed by atoms with Gasteiger partial charge in [0, 0.05) is 39.7 Å². The molecule has 4 heterocycles. The number of nitrogens with zero attached hydrogens (tertiary/aromatic N) is 4. The number of pyridine rings is 2. The number of anilines is 2. The lowest BCUT2D eigenvalue weighted by Crippen LogP contribution is -2.40. The highest BCUT2D eigenvalue weighted by Crippen LogP contribution is 2.34. The topological polar surface area (TPSA) is 117 Å². The van der Waals surface area contributed by atoms with E-state index in [9.17, 15) is 14.9 Å². The number of urea groups is 1. The molecule has 1 fully saturated rings. The van der Waals surface area contributed by atoms with Crippen LogP contribution in [0.25, 0.3) is 0 Å². The highest BCUT2D eigenvalue weighted by molar-refractivity contribution is 6.01. The third-order valence-corrected chi connectivity index (χ3v) is 6.38. The normalized spacial score (nSPS) is 15.9. The zero-order chi connectivity index (χ0) is 23.9. The lowest BCUT2D eigenvalue weighted by atomic mass is 9.88. The number of aromatic nitrogens is 2. The summed E-state index contributed by atoms with van der Waals surface area (Å²) in [5.41, 5.74) is 3.61. The van der Waals surface area contributed by atoms with Gasteiger partial charge < -0.3 is 9.47 Å². The van der Waals surface area contributed by atoms with Gasteiger partial charge in [0.2, 0.25) is 0 Å². The summed E-state index contributed by atoms with van der Waals surface area (Å²) in [6.07, 6.45) is 7.00. The number of rotatable bonds is 7. The second-order valence-electron chi connectivity index (χ2n) is 8.57. The summed E-state index contributed by atoms with van der Waals surface area (Å²) in [6, 6.07) is 5.57. The summed E-state index contributed by atoms with van der Waals surface area (Å²) in [5, 5.41) is 12.2. The summed E-state index contributed by atoms with van der Waals surface area (Å²) in [5.74, 6) is 1.14. The third-order valence-electron chi connectivity index (χ3n) is 6.38. The second-order valence-corrected chi connectivity index (χ2v) is 8.57. The molecule has 0 spiro atoms. The Labute approximate surface area is 199 Å². The minimum Gasteiger partial charge on any atom is -0.385 e. The van der Waals surface area contributed by atoms with Crippen LogP contribution in [0.3, 0.4) is 0 Å². The van der Waals surface area contributed by atoms with Crippen molar-refractivity contribution in [3.63, 3.8) is 0 Å². The molecule has 9 heteroatoms. The SMILES string of the molecule is COCCCc1cc(NC(=O)N2CCCc3cc(C4CCOCC4)c(C=O)nc32)ncc1C#N. The molecule has 2 aliphatic heterocycles. The molecule has 2 aromatic heterocycles. The molecule has 34 heavy (non-hydrogen) atoms. The fourth-order valence-corrected chi connectivity index (χ4v) is 4.61. The van der Waals surface area contributed by atoms with Gasteiger partial charge in [-0.1, -0.05) is 0 Å². The fraction of sp³-hybridized carbons (Fsp3) is 0.480. The van der Waals surface area contributed by atoms with E-state index in [-0.39, 0.29) is 11.9 Å². The fourth-order valence-electron chi connectivity index (χ4n) is 4.61. The standard InChI is InChI=1S/C25H29N5O4/c1-33-9-3-5-18-13-23(27-15-20(18)14-26)29-25(32)30-8-2-4-19-12-21(17-6-10-34-11-7-17)22(16-31)28-24(19)30/h12-13,15-17H,2-11H2,1H3,(H,27,29,32). The molecule has 1 saturated heterocycles. The Balaban J connectivity index is 1.56. The Hall–Kier alpha value is -3.35. The van der Waals surface area contributed by atoms with E-state index in [1.165, 1.54) is 6.20 Å². The van der Waals surface area contributed by atoms with E-state index in [2.05, 4.69) is 27.4 Å². The van der Waals surface area contributed by atoms with E-state index < -0.39 is 0 Å². The number of amides is 2. The summed E-state index contributed by atoms with van der Waals surface area (Å²) in [7, 11) is 1.64. The molecule has 0 unspecified atom stereocenters. The smallest absolute Gasteiger partial charge is 0.328 e. The van der Waals surface area contributed by atoms with Crippen molar-refractivity contribution in [3.05, 3.63) is 46.3 Å². The van der Waals surface area contributed by atoms with Crippen molar-refractivity contribution in [1.82, 2.24) is 9.97 Å². The molecule has 0 aliphatic carbocycles. The van der Waals surface area contributed by atoms with Crippen LogP contribution in [0.1, 0.15) is 64.3 Å². The quantitative estimate of drug-likeness (QED) is 0.492. The Morgan fingerprint density at radius 1 is 1.38 bits per heavy atom. The first-order chi connectivity index (χ1) is 16.6. The second kappa shape index (κ2) is 11.2. The molecule has 0 bridgehead atoms. The van der Waals surface area contributed by atoms with Gasteiger partial charge in [-0.2, -0.15) is 5.26 Å². The monoisotopic (exact) mass is 463 g/mol. The molecule has 0 atom stereocenters. The highest BCUT2D eigenvalue weighted by atomic mass is 16.5. The van der Waals surface area contributed by atoms with Crippen molar-refractivity contribution in [1.29, 1.82) is 5.26 Å². The van der Waals surface area contributed by atoms with Gasteiger partial charge in [0.1, 0.15) is 23.4 Å². The Bertz CT molecular complexity index is 1090. The van der Waals surface area contributed by atoms with E-state index in [0.717, 1.165) is 55.1 Å². The van der Waals surface area contributed by atoms with Crippen molar-refractivity contribution in [3.8, 4) is 6.07 Å². The van der Waals surface area contributed by atoms with E-state index in [4.69, 9.17) is 9.47 Å². The maximum Gasteiger partial charge on any atom is 0.328 e. The van der Waals surface area contributed by atoms with E-state index in [1.807, 2.05) is 0 Å². The Kier molecular flexibility index (Phi) is 7.83. The lowest BCUT2D eigenvalue weighted by molar-refractivity contribution is 0.0848. The molecule has 4 rings (SSSR count). The number of aldehydes is 1. The minimum atomic E-state index is -0.357. The summed E-state index contributed by atoms with van der Waals surface area (Å²) < 4.78 is 10.6. The van der Waals surface area contributed by atoms with Gasteiger partial charge in [0.15, 0.2) is 6.29 Å². The van der Waals surface area contributed by atoms with Crippen LogP contribution in [0.2, 0.25) is 0 Å². The Morgan fingerprint density at radius 2 is 2.21 bits per heavy atom. The van der Waals surface area contributed by atoms with Gasteiger partial charge in [-0.25, -0.2) is 14.8 Å². The molecule has 0 radical (unpaired) electrons. The molecular weight excluding hydrogens is 434 g/mol. The summed E-state index contributed by atoms with van der Waals surface area (Å²) in [4.78, 5) is 35.5. The number of nitriles is 1. The maximum atomic E-state index is 13.2. The number of carbonyl (C=O) groups excluding carboxylic acids is 2. The predicted octanol–water partition coefficient (Wildman–Crippen LogP) is 3.62. The molecule has 2 aromatic rings. The maximum absolute atomic E-state index is 13.2. The lowest BCUT2D eigenvalue weighted by Gasteiger charge is -2.30. The van der Waals surface area contributed by atoms with Gasteiger partial charge in [-0.05, 0) is 73.3 Å². The Morgan fingerprint density at radius 3 is 2.94 bits per heavy atom. The number of fused-ring (bicyclic) bond motifs is 1. The van der Waals surface area contributed by atoms with E-state index >= 15 is 0 Å². The minimum absolute atomic E-state index is 0.246. The van der Waals surface area contributed by atoms with E-state index in [0.29, 0.717) is 55.7 Å². The van der Waals surface area contributed by atoms with Crippen molar-refractivity contribution in [2.75, 3.05) is 43.7 Å². The van der Waals surface area contributed by atoms with Gasteiger partial charge >= 0.3 is 6.03 Å². The number of hydrogen-bond donors (Lipinski definition) is 1. The van der Waals surface area contributed by atoms with Crippen LogP contribution in [-0.2, 0) is 22.3 Å². The first-order valence-electron chi connectivity index (χ1n) is 11.7. The molecule has 9 nitrogen and oxygen atoms in total. The van der Waals surface area contributed by atoms with Crippen LogP contribution in [0.15, 0.2) is 18.3 Å². The zero-order valence-electron chi connectivity index (χ0n) is 19.4. The highest BCUT2D eigenvalue weighted by Gasteiger charge is 2.28. The number of carbonyl (C=O) groups is 2. The molecular formula is C25H29N5O4. The van der Waals surface area contributed by atoms with Crippen molar-refractivity contribution in [2.24, 2.45) is 0 Å². The van der Waals surface area contributed by atoms with Crippen LogP contribution in [0.4, 0.5) is 16.4 Å². The molecule has 2 amide bonds. The van der Waals surface area contributed by atoms with Gasteiger partial charge in [-0.3, -0.25) is 15.0 Å². The third kappa shape index (κ3) is 5.24. The largest absolute Gasteiger partial charge is 0.385 e. The predicted molar refractivity (Wildman–Crippen MR) is 126 cm³/mol.